The van der Waals surface area contributed by atoms with E-state index >= 15 is 0 Å². The maximum atomic E-state index is 10.8. The first-order valence-corrected chi connectivity index (χ1v) is 5.81. The van der Waals surface area contributed by atoms with Crippen molar-refractivity contribution in [1.82, 2.24) is 0 Å². The van der Waals surface area contributed by atoms with Crippen LogP contribution in [0.25, 0.3) is 0 Å². The highest BCUT2D eigenvalue weighted by molar-refractivity contribution is 5.68. The summed E-state index contributed by atoms with van der Waals surface area (Å²) in [5.74, 6) is 2.07. The summed E-state index contributed by atoms with van der Waals surface area (Å²) in [7, 11) is 1.34. The van der Waals surface area contributed by atoms with Crippen LogP contribution in [0.1, 0.15) is 25.7 Å². The minimum Gasteiger partial charge on any atom is -0.469 e. The van der Waals surface area contributed by atoms with Crippen molar-refractivity contribution in [3.05, 3.63) is 24.3 Å². The van der Waals surface area contributed by atoms with Crippen LogP contribution in [0, 0.1) is 12.3 Å². The van der Waals surface area contributed by atoms with Crippen LogP contribution >= 0.6 is 0 Å². The normalized spacial score (nSPS) is 14.6. The molecular weight excluding hydrogens is 232 g/mol. The van der Waals surface area contributed by atoms with Gasteiger partial charge in [-0.05, 0) is 12.8 Å². The molecule has 4 nitrogen and oxygen atoms in total. The Hall–Kier alpha value is -1.57. The Morgan fingerprint density at radius 2 is 1.94 bits per heavy atom. The fourth-order valence-corrected chi connectivity index (χ4v) is 1.23. The molecule has 18 heavy (non-hydrogen) atoms. The number of terminal acetylenes is 1. The minimum absolute atomic E-state index is 0.270. The van der Waals surface area contributed by atoms with Crippen LogP contribution in [-0.4, -0.2) is 35.5 Å². The molecule has 4 heteroatoms. The maximum absolute atomic E-state index is 10.8. The maximum Gasteiger partial charge on any atom is 0.305 e. The zero-order valence-corrected chi connectivity index (χ0v) is 10.6. The molecule has 0 aromatic heterocycles. The van der Waals surface area contributed by atoms with Gasteiger partial charge in [0.25, 0.3) is 0 Å². The lowest BCUT2D eigenvalue weighted by molar-refractivity contribution is -0.140. The van der Waals surface area contributed by atoms with Crippen LogP contribution in [-0.2, 0) is 9.53 Å². The van der Waals surface area contributed by atoms with Gasteiger partial charge in [-0.1, -0.05) is 24.3 Å². The van der Waals surface area contributed by atoms with Gasteiger partial charge in [0.05, 0.1) is 19.3 Å². The highest BCUT2D eigenvalue weighted by Gasteiger charge is 2.03. The second kappa shape index (κ2) is 10.6. The lowest BCUT2D eigenvalue weighted by Crippen LogP contribution is -2.05. The third kappa shape index (κ3) is 9.64. The van der Waals surface area contributed by atoms with E-state index in [-0.39, 0.29) is 12.4 Å². The Morgan fingerprint density at radius 3 is 2.50 bits per heavy atom. The summed E-state index contributed by atoms with van der Waals surface area (Å²) in [6.07, 6.45) is 11.8. The molecular formula is C14H20O4. The summed E-state index contributed by atoms with van der Waals surface area (Å²) in [5, 5.41) is 18.8. The second-order valence-electron chi connectivity index (χ2n) is 3.78. The Labute approximate surface area is 108 Å². The van der Waals surface area contributed by atoms with Gasteiger partial charge in [0, 0.05) is 12.8 Å². The lowest BCUT2D eigenvalue weighted by Gasteiger charge is -2.03. The smallest absolute Gasteiger partial charge is 0.305 e. The molecule has 100 valence electrons. The van der Waals surface area contributed by atoms with Crippen molar-refractivity contribution < 1.29 is 19.7 Å². The zero-order valence-electron chi connectivity index (χ0n) is 10.6. The van der Waals surface area contributed by atoms with Crippen molar-refractivity contribution in [1.29, 1.82) is 0 Å². The number of hydrogen-bond donors (Lipinski definition) is 2. The zero-order chi connectivity index (χ0) is 13.8. The van der Waals surface area contributed by atoms with E-state index in [0.29, 0.717) is 19.3 Å². The van der Waals surface area contributed by atoms with Gasteiger partial charge < -0.3 is 14.9 Å². The highest BCUT2D eigenvalue weighted by Crippen LogP contribution is 2.03. The molecule has 0 aromatic rings. The van der Waals surface area contributed by atoms with Gasteiger partial charge in [-0.15, -0.1) is 12.3 Å². The molecule has 0 aromatic carbocycles. The summed E-state index contributed by atoms with van der Waals surface area (Å²) >= 11 is 0. The number of hydrogen-bond acceptors (Lipinski definition) is 4. The van der Waals surface area contributed by atoms with E-state index in [1.54, 1.807) is 24.3 Å². The minimum atomic E-state index is -0.656. The molecule has 0 fully saturated rings. The van der Waals surface area contributed by atoms with Crippen LogP contribution in [0.4, 0.5) is 0 Å². The number of rotatable bonds is 8. The van der Waals surface area contributed by atoms with Gasteiger partial charge in [-0.2, -0.15) is 0 Å². The van der Waals surface area contributed by atoms with Gasteiger partial charge in [0.15, 0.2) is 0 Å². The topological polar surface area (TPSA) is 66.8 Å². The Bertz CT molecular complexity index is 325. The molecule has 0 rings (SSSR count). The number of esters is 1. The summed E-state index contributed by atoms with van der Waals surface area (Å²) < 4.78 is 4.49. The van der Waals surface area contributed by atoms with Crippen molar-refractivity contribution in [3.63, 3.8) is 0 Å². The average Bonchev–Trinajstić information content (AvgIpc) is 2.34. The first-order valence-electron chi connectivity index (χ1n) is 5.81. The number of ether oxygens (including phenoxy) is 1. The molecule has 2 N–H and O–H groups in total. The van der Waals surface area contributed by atoms with Crippen LogP contribution in [0.3, 0.4) is 0 Å². The van der Waals surface area contributed by atoms with E-state index in [0.717, 1.165) is 0 Å². The number of carbonyl (C=O) groups excluding carboxylic acids is 1. The Balaban J connectivity index is 3.77. The van der Waals surface area contributed by atoms with Gasteiger partial charge >= 0.3 is 5.97 Å². The number of methoxy groups -OCH3 is 1. The van der Waals surface area contributed by atoms with Crippen molar-refractivity contribution in [2.24, 2.45) is 0 Å². The van der Waals surface area contributed by atoms with Crippen LogP contribution < -0.4 is 0 Å². The molecule has 0 aliphatic heterocycles. The van der Waals surface area contributed by atoms with Gasteiger partial charge in [0.2, 0.25) is 0 Å². The molecule has 0 bridgehead atoms. The molecule has 0 saturated heterocycles. The largest absolute Gasteiger partial charge is 0.469 e. The summed E-state index contributed by atoms with van der Waals surface area (Å²) in [5.41, 5.74) is 0. The fraction of sp³-hybridized carbons (Fsp3) is 0.500. The second-order valence-corrected chi connectivity index (χ2v) is 3.78. The van der Waals surface area contributed by atoms with Gasteiger partial charge in [0.1, 0.15) is 0 Å². The first-order chi connectivity index (χ1) is 8.60. The van der Waals surface area contributed by atoms with E-state index in [1.807, 2.05) is 0 Å². The predicted molar refractivity (Wildman–Crippen MR) is 69.6 cm³/mol. The fourth-order valence-electron chi connectivity index (χ4n) is 1.23. The average molecular weight is 252 g/mol. The molecule has 0 amide bonds. The highest BCUT2D eigenvalue weighted by atomic mass is 16.5. The Morgan fingerprint density at radius 1 is 1.33 bits per heavy atom. The van der Waals surface area contributed by atoms with E-state index in [9.17, 15) is 15.0 Å². The van der Waals surface area contributed by atoms with E-state index in [4.69, 9.17) is 6.42 Å². The Kier molecular flexibility index (Phi) is 9.65. The van der Waals surface area contributed by atoms with E-state index in [2.05, 4.69) is 10.7 Å². The van der Waals surface area contributed by atoms with Crippen LogP contribution in [0.2, 0.25) is 0 Å². The number of allylic oxidation sites excluding steroid dienone is 2. The third-order valence-corrected chi connectivity index (χ3v) is 2.21. The molecule has 0 aliphatic carbocycles. The summed E-state index contributed by atoms with van der Waals surface area (Å²) in [6.45, 7) is 0. The molecule has 0 radical (unpaired) electrons. The molecule has 0 saturated carbocycles. The van der Waals surface area contributed by atoms with E-state index < -0.39 is 12.2 Å². The van der Waals surface area contributed by atoms with Crippen molar-refractivity contribution in [2.75, 3.05) is 7.11 Å². The van der Waals surface area contributed by atoms with Gasteiger partial charge in [-0.3, -0.25) is 4.79 Å². The first kappa shape index (κ1) is 16.4. The molecule has 2 atom stereocenters. The van der Waals surface area contributed by atoms with E-state index in [1.165, 1.54) is 7.11 Å². The van der Waals surface area contributed by atoms with Gasteiger partial charge in [-0.25, -0.2) is 0 Å². The van der Waals surface area contributed by atoms with Crippen molar-refractivity contribution >= 4 is 5.97 Å². The molecule has 0 spiro atoms. The number of aliphatic hydroxyl groups excluding tert-OH is 2. The standard InChI is InChI=1S/C14H20O4/c1-3-7-12(15)8-4-5-9-13(16)10-6-11-14(17)18-2/h1,4-5,8-9,12-13,15-16H,6-7,10-11H2,2H3/b8-4+,9-5+/t12-,13+/m1/s1. The number of carbonyl (C=O) groups is 1. The van der Waals surface area contributed by atoms with Crippen molar-refractivity contribution in [3.8, 4) is 12.3 Å². The molecule has 0 aliphatic rings. The van der Waals surface area contributed by atoms with Crippen LogP contribution in [0.5, 0.6) is 0 Å². The summed E-state index contributed by atoms with van der Waals surface area (Å²) in [4.78, 5) is 10.8. The summed E-state index contributed by atoms with van der Waals surface area (Å²) in [6, 6.07) is 0. The molecule has 0 heterocycles. The predicted octanol–water partition coefficient (Wildman–Crippen LogP) is 1.19. The quantitative estimate of drug-likeness (QED) is 0.387. The van der Waals surface area contributed by atoms with Crippen LogP contribution in [0.15, 0.2) is 24.3 Å². The number of aliphatic hydroxyl groups is 2. The van der Waals surface area contributed by atoms with Crippen molar-refractivity contribution in [2.45, 2.75) is 37.9 Å². The molecule has 0 unspecified atom stereocenters. The SMILES string of the molecule is C#CC[C@@H](O)/C=C/C=C/[C@H](O)CCCC(=O)OC. The monoisotopic (exact) mass is 252 g/mol. The lowest BCUT2D eigenvalue weighted by atomic mass is 10.1. The third-order valence-electron chi connectivity index (χ3n) is 2.21.